The Labute approximate surface area is 436 Å². The summed E-state index contributed by atoms with van der Waals surface area (Å²) in [5.41, 5.74) is 22.7. The molecule has 0 amide bonds. The van der Waals surface area contributed by atoms with Crippen molar-refractivity contribution in [2.75, 3.05) is 14.7 Å². The summed E-state index contributed by atoms with van der Waals surface area (Å²) in [6.07, 6.45) is 0. The van der Waals surface area contributed by atoms with Gasteiger partial charge in [0.05, 0.1) is 27.2 Å². The summed E-state index contributed by atoms with van der Waals surface area (Å²) >= 11 is 1.88. The Kier molecular flexibility index (Phi) is 9.39. The molecule has 1 aromatic heterocycles. The minimum Gasteiger partial charge on any atom is -0.310 e. The maximum Gasteiger partial charge on any atom is 0.0755 e. The summed E-state index contributed by atoms with van der Waals surface area (Å²) in [6.45, 7) is 4.73. The van der Waals surface area contributed by atoms with Crippen molar-refractivity contribution in [2.24, 2.45) is 0 Å². The van der Waals surface area contributed by atoms with E-state index >= 15 is 0 Å². The van der Waals surface area contributed by atoms with Crippen LogP contribution < -0.4 is 14.7 Å². The third-order valence-corrected chi connectivity index (χ3v) is 17.4. The molecule has 0 bridgehead atoms. The molecular weight excluding hydrogens is 915 g/mol. The zero-order chi connectivity index (χ0) is 49.1. The molecular formula is C70H49N3S. The van der Waals surface area contributed by atoms with E-state index in [4.69, 9.17) is 0 Å². The van der Waals surface area contributed by atoms with Crippen molar-refractivity contribution in [1.82, 2.24) is 0 Å². The summed E-state index contributed by atoms with van der Waals surface area (Å²) in [5.74, 6) is 0. The molecule has 0 saturated carbocycles. The molecule has 0 fully saturated rings. The van der Waals surface area contributed by atoms with E-state index in [1.54, 1.807) is 0 Å². The van der Waals surface area contributed by atoms with Crippen LogP contribution in [0.2, 0.25) is 0 Å². The first-order valence-corrected chi connectivity index (χ1v) is 26.5. The molecule has 0 radical (unpaired) electrons. The normalized spacial score (nSPS) is 14.0. The topological polar surface area (TPSA) is 9.72 Å². The maximum atomic E-state index is 2.50. The van der Waals surface area contributed by atoms with Crippen LogP contribution in [0.25, 0.3) is 42.4 Å². The van der Waals surface area contributed by atoms with Crippen LogP contribution >= 0.6 is 11.3 Å². The van der Waals surface area contributed by atoms with E-state index in [9.17, 15) is 0 Å². The molecule has 2 heterocycles. The predicted octanol–water partition coefficient (Wildman–Crippen LogP) is 19.4. The van der Waals surface area contributed by atoms with Gasteiger partial charge in [-0.3, -0.25) is 0 Å². The standard InChI is InChI=1S/C70H49N3S/c1-69(2)58-30-14-12-27-52(58)54-40-38-50(43-62(54)69)72(47-23-8-4-9-24-47)66-36-20-29-57-56-42-39-51(45-67(56)74-68(57)66)71(46-21-6-3-7-22-46)49-37-41-55-53-28-13-15-31-59(53)70(63(55)44-49)60-32-16-18-34-64(60)73(48-25-10-5-11-26-48)65-35-19-17-33-61(65)70/h3-45H,1-2H3. The fourth-order valence-corrected chi connectivity index (χ4v) is 14.3. The average molecular weight is 964 g/mol. The van der Waals surface area contributed by atoms with E-state index in [-0.39, 0.29) is 5.41 Å². The number of benzene rings is 11. The lowest BCUT2D eigenvalue weighted by atomic mass is 9.64. The van der Waals surface area contributed by atoms with Crippen LogP contribution in [0.1, 0.15) is 47.2 Å². The van der Waals surface area contributed by atoms with Crippen molar-refractivity contribution in [3.8, 4) is 22.3 Å². The average Bonchev–Trinajstić information content (AvgIpc) is 4.06. The highest BCUT2D eigenvalue weighted by molar-refractivity contribution is 7.26. The van der Waals surface area contributed by atoms with Gasteiger partial charge in [0.2, 0.25) is 0 Å². The zero-order valence-corrected chi connectivity index (χ0v) is 41.9. The number of hydrogen-bond acceptors (Lipinski definition) is 4. The number of thiophene rings is 1. The molecule has 1 spiro atoms. The first-order chi connectivity index (χ1) is 36.5. The van der Waals surface area contributed by atoms with Gasteiger partial charge in [0.15, 0.2) is 0 Å². The van der Waals surface area contributed by atoms with Crippen molar-refractivity contribution in [3.63, 3.8) is 0 Å². The molecule has 0 N–H and O–H groups in total. The molecule has 11 aromatic carbocycles. The first-order valence-electron chi connectivity index (χ1n) is 25.7. The lowest BCUT2D eigenvalue weighted by Crippen LogP contribution is -2.36. The molecule has 0 saturated heterocycles. The zero-order valence-electron chi connectivity index (χ0n) is 41.1. The van der Waals surface area contributed by atoms with E-state index in [1.807, 2.05) is 11.3 Å². The first kappa shape index (κ1) is 42.7. The van der Waals surface area contributed by atoms with Crippen LogP contribution in [-0.2, 0) is 10.8 Å². The molecule has 74 heavy (non-hydrogen) atoms. The van der Waals surface area contributed by atoms with E-state index in [0.29, 0.717) is 0 Å². The minimum atomic E-state index is -0.572. The Bertz CT molecular complexity index is 4150. The molecule has 15 rings (SSSR count). The minimum absolute atomic E-state index is 0.118. The maximum absolute atomic E-state index is 2.50. The SMILES string of the molecule is CC1(C)c2ccccc2-c2ccc(N(c3ccccc3)c3cccc4c3sc3cc(N(c5ccccc5)c5ccc6c(c5)C5(c7ccccc7-6)c6ccccc6N(c6ccccc6)c6ccccc65)ccc34)cc21. The molecule has 1 aliphatic heterocycles. The van der Waals surface area contributed by atoms with Crippen molar-refractivity contribution < 1.29 is 0 Å². The summed E-state index contributed by atoms with van der Waals surface area (Å²) in [4.78, 5) is 7.37. The Hall–Kier alpha value is -8.96. The Morgan fingerprint density at radius 3 is 1.50 bits per heavy atom. The predicted molar refractivity (Wildman–Crippen MR) is 312 cm³/mol. The van der Waals surface area contributed by atoms with Crippen LogP contribution in [-0.4, -0.2) is 0 Å². The fourth-order valence-electron chi connectivity index (χ4n) is 13.0. The molecule has 0 atom stereocenters. The number of hydrogen-bond donors (Lipinski definition) is 0. The summed E-state index contributed by atoms with van der Waals surface area (Å²) in [7, 11) is 0. The molecule has 2 aliphatic carbocycles. The largest absolute Gasteiger partial charge is 0.310 e. The van der Waals surface area contributed by atoms with Crippen LogP contribution in [0.5, 0.6) is 0 Å². The number of anilines is 9. The second-order valence-corrected chi connectivity index (χ2v) is 21.5. The van der Waals surface area contributed by atoms with Crippen LogP contribution in [0, 0.1) is 0 Å². The van der Waals surface area contributed by atoms with Crippen LogP contribution in [0.3, 0.4) is 0 Å². The lowest BCUT2D eigenvalue weighted by molar-refractivity contribution is 0.660. The second-order valence-electron chi connectivity index (χ2n) is 20.4. The molecule has 12 aromatic rings. The highest BCUT2D eigenvalue weighted by atomic mass is 32.1. The van der Waals surface area contributed by atoms with E-state index < -0.39 is 5.41 Å². The van der Waals surface area contributed by atoms with Gasteiger partial charge in [-0.2, -0.15) is 0 Å². The third-order valence-electron chi connectivity index (χ3n) is 16.2. The van der Waals surface area contributed by atoms with Gasteiger partial charge in [-0.25, -0.2) is 0 Å². The molecule has 4 heteroatoms. The number of para-hydroxylation sites is 5. The van der Waals surface area contributed by atoms with E-state index in [2.05, 4.69) is 289 Å². The summed E-state index contributed by atoms with van der Waals surface area (Å²) < 4.78 is 2.50. The second kappa shape index (κ2) is 16.3. The van der Waals surface area contributed by atoms with E-state index in [1.165, 1.54) is 92.9 Å². The van der Waals surface area contributed by atoms with Crippen LogP contribution in [0.15, 0.2) is 261 Å². The van der Waals surface area contributed by atoms with Gasteiger partial charge in [-0.05, 0) is 147 Å². The Morgan fingerprint density at radius 2 is 0.824 bits per heavy atom. The lowest BCUT2D eigenvalue weighted by Gasteiger charge is -2.45. The summed E-state index contributed by atoms with van der Waals surface area (Å²) in [5, 5.41) is 2.51. The molecule has 350 valence electrons. The quantitative estimate of drug-likeness (QED) is 0.158. The fraction of sp³-hybridized carbons (Fsp3) is 0.0571. The van der Waals surface area contributed by atoms with Crippen molar-refractivity contribution in [2.45, 2.75) is 24.7 Å². The van der Waals surface area contributed by atoms with Gasteiger partial charge in [0.25, 0.3) is 0 Å². The van der Waals surface area contributed by atoms with Gasteiger partial charge >= 0.3 is 0 Å². The van der Waals surface area contributed by atoms with Crippen LogP contribution in [0.4, 0.5) is 51.2 Å². The van der Waals surface area contributed by atoms with E-state index in [0.717, 1.165) is 34.1 Å². The number of rotatable bonds is 7. The number of fused-ring (bicyclic) bond motifs is 15. The van der Waals surface area contributed by atoms with Gasteiger partial charge in [0, 0.05) is 55.0 Å². The van der Waals surface area contributed by atoms with Gasteiger partial charge in [0.1, 0.15) is 0 Å². The van der Waals surface area contributed by atoms with Gasteiger partial charge < -0.3 is 14.7 Å². The van der Waals surface area contributed by atoms with Gasteiger partial charge in [-0.15, -0.1) is 11.3 Å². The highest BCUT2D eigenvalue weighted by Gasteiger charge is 2.52. The number of nitrogens with zero attached hydrogens (tertiary/aromatic N) is 3. The van der Waals surface area contributed by atoms with Crippen molar-refractivity contribution >= 4 is 82.7 Å². The van der Waals surface area contributed by atoms with Crippen molar-refractivity contribution in [1.29, 1.82) is 0 Å². The monoisotopic (exact) mass is 963 g/mol. The Morgan fingerprint density at radius 1 is 0.338 bits per heavy atom. The molecule has 3 aliphatic rings. The third kappa shape index (κ3) is 6.06. The molecule has 0 unspecified atom stereocenters. The summed E-state index contributed by atoms with van der Waals surface area (Å²) in [6, 6.07) is 96.9. The smallest absolute Gasteiger partial charge is 0.0755 e. The van der Waals surface area contributed by atoms with Crippen molar-refractivity contribution in [3.05, 3.63) is 294 Å². The van der Waals surface area contributed by atoms with Gasteiger partial charge in [-0.1, -0.05) is 184 Å². The highest BCUT2D eigenvalue weighted by Crippen LogP contribution is 2.64. The Balaban J connectivity index is 0.906. The molecule has 3 nitrogen and oxygen atoms in total.